The molecule has 0 atom stereocenters. The van der Waals surface area contributed by atoms with E-state index in [9.17, 15) is 9.59 Å². The van der Waals surface area contributed by atoms with Gasteiger partial charge in [-0.3, -0.25) is 9.13 Å². The zero-order valence-electron chi connectivity index (χ0n) is 14.9. The van der Waals surface area contributed by atoms with Gasteiger partial charge in [0.25, 0.3) is 0 Å². The summed E-state index contributed by atoms with van der Waals surface area (Å²) >= 11 is 11.9. The lowest BCUT2D eigenvalue weighted by atomic mass is 10.2. The molecule has 0 saturated carbocycles. The Hall–Kier alpha value is -2.50. The van der Waals surface area contributed by atoms with Crippen molar-refractivity contribution >= 4 is 29.2 Å². The first-order valence-corrected chi connectivity index (χ1v) is 9.20. The maximum Gasteiger partial charge on any atom is 0.357 e. The Morgan fingerprint density at radius 1 is 0.926 bits per heavy atom. The number of nitrogens with zero attached hydrogens (tertiary/aromatic N) is 2. The van der Waals surface area contributed by atoms with Crippen molar-refractivity contribution in [2.24, 2.45) is 0 Å². The van der Waals surface area contributed by atoms with Crippen LogP contribution in [0.15, 0.2) is 53.3 Å². The minimum absolute atomic E-state index is 0.210. The van der Waals surface area contributed by atoms with Crippen LogP contribution >= 0.6 is 23.2 Å². The van der Waals surface area contributed by atoms with E-state index in [1.807, 2.05) is 6.92 Å². The van der Waals surface area contributed by atoms with E-state index in [0.717, 1.165) is 6.42 Å². The van der Waals surface area contributed by atoms with Crippen LogP contribution in [-0.4, -0.2) is 22.2 Å². The van der Waals surface area contributed by atoms with Crippen molar-refractivity contribution < 1.29 is 9.53 Å². The van der Waals surface area contributed by atoms with E-state index in [4.69, 9.17) is 27.9 Å². The monoisotopic (exact) mass is 404 g/mol. The van der Waals surface area contributed by atoms with E-state index >= 15 is 0 Å². The van der Waals surface area contributed by atoms with Crippen molar-refractivity contribution in [3.63, 3.8) is 0 Å². The van der Waals surface area contributed by atoms with Crippen LogP contribution in [0.4, 0.5) is 0 Å². The second-order valence-electron chi connectivity index (χ2n) is 5.94. The molecule has 3 rings (SSSR count). The predicted molar refractivity (Wildman–Crippen MR) is 107 cm³/mol. The number of rotatable bonds is 5. The highest BCUT2D eigenvalue weighted by molar-refractivity contribution is 6.30. The molecule has 0 aliphatic carbocycles. The molecule has 0 fully saturated rings. The summed E-state index contributed by atoms with van der Waals surface area (Å²) in [7, 11) is 1.30. The minimum Gasteiger partial charge on any atom is -0.464 e. The molecule has 140 valence electrons. The molecule has 3 aromatic rings. The fraction of sp³-hybridized carbons (Fsp3) is 0.200. The van der Waals surface area contributed by atoms with Gasteiger partial charge in [-0.1, -0.05) is 36.5 Å². The lowest BCUT2D eigenvalue weighted by Crippen LogP contribution is -2.24. The van der Waals surface area contributed by atoms with Crippen LogP contribution in [0, 0.1) is 0 Å². The van der Waals surface area contributed by atoms with Gasteiger partial charge >= 0.3 is 11.7 Å². The summed E-state index contributed by atoms with van der Waals surface area (Å²) in [6.07, 6.45) is 1.28. The van der Waals surface area contributed by atoms with Gasteiger partial charge < -0.3 is 4.74 Å². The van der Waals surface area contributed by atoms with E-state index in [1.54, 1.807) is 48.5 Å². The Kier molecular flexibility index (Phi) is 5.73. The second kappa shape index (κ2) is 8.03. The average Bonchev–Trinajstić information content (AvgIpc) is 2.95. The Morgan fingerprint density at radius 2 is 1.41 bits per heavy atom. The molecule has 0 amide bonds. The van der Waals surface area contributed by atoms with Crippen LogP contribution in [0.3, 0.4) is 0 Å². The Labute approximate surface area is 166 Å². The number of hydrogen-bond donors (Lipinski definition) is 0. The number of aromatic nitrogens is 2. The number of ether oxygens (including phenoxy) is 1. The highest BCUT2D eigenvalue weighted by Crippen LogP contribution is 2.22. The molecule has 0 radical (unpaired) electrons. The number of benzene rings is 2. The third-order valence-electron chi connectivity index (χ3n) is 4.18. The number of hydrogen-bond acceptors (Lipinski definition) is 3. The van der Waals surface area contributed by atoms with E-state index in [0.29, 0.717) is 33.5 Å². The van der Waals surface area contributed by atoms with Crippen molar-refractivity contribution in [3.8, 4) is 11.4 Å². The predicted octanol–water partition coefficient (Wildman–Crippen LogP) is 4.67. The standard InChI is InChI=1S/C20H18Cl2N2O3/c1-3-4-17-18(19(25)27-2)24(16-11-7-14(22)8-12-16)20(26)23(17)15-9-5-13(21)6-10-15/h5-12H,3-4H2,1-2H3. The number of methoxy groups -OCH3 is 1. The molecular formula is C20H18Cl2N2O3. The average molecular weight is 405 g/mol. The van der Waals surface area contributed by atoms with Gasteiger partial charge in [0.05, 0.1) is 24.2 Å². The largest absolute Gasteiger partial charge is 0.464 e. The van der Waals surface area contributed by atoms with Crippen molar-refractivity contribution in [2.75, 3.05) is 7.11 Å². The maximum absolute atomic E-state index is 13.3. The lowest BCUT2D eigenvalue weighted by molar-refractivity contribution is 0.0590. The van der Waals surface area contributed by atoms with Crippen LogP contribution in [-0.2, 0) is 11.2 Å². The lowest BCUT2D eigenvalue weighted by Gasteiger charge is -2.09. The summed E-state index contributed by atoms with van der Waals surface area (Å²) in [6, 6.07) is 13.6. The summed E-state index contributed by atoms with van der Waals surface area (Å²) < 4.78 is 7.86. The first-order chi connectivity index (χ1) is 13.0. The molecule has 27 heavy (non-hydrogen) atoms. The smallest absolute Gasteiger partial charge is 0.357 e. The van der Waals surface area contributed by atoms with Crippen molar-refractivity contribution in [3.05, 3.63) is 80.4 Å². The molecule has 0 unspecified atom stereocenters. The summed E-state index contributed by atoms with van der Waals surface area (Å²) in [4.78, 5) is 25.9. The van der Waals surface area contributed by atoms with Crippen LogP contribution in [0.1, 0.15) is 29.5 Å². The van der Waals surface area contributed by atoms with Crippen LogP contribution in [0.5, 0.6) is 0 Å². The van der Waals surface area contributed by atoms with Gasteiger partial charge in [-0.05, 0) is 55.0 Å². The molecule has 5 nitrogen and oxygen atoms in total. The van der Waals surface area contributed by atoms with Crippen LogP contribution < -0.4 is 5.69 Å². The van der Waals surface area contributed by atoms with Crippen LogP contribution in [0.2, 0.25) is 10.0 Å². The molecular weight excluding hydrogens is 387 g/mol. The molecule has 1 aromatic heterocycles. The zero-order valence-corrected chi connectivity index (χ0v) is 16.4. The summed E-state index contributed by atoms with van der Waals surface area (Å²) in [5, 5.41) is 1.10. The second-order valence-corrected chi connectivity index (χ2v) is 6.82. The fourth-order valence-corrected chi connectivity index (χ4v) is 3.26. The first kappa shape index (κ1) is 19.3. The molecule has 0 aliphatic heterocycles. The van der Waals surface area contributed by atoms with Gasteiger partial charge in [0, 0.05) is 10.0 Å². The number of esters is 1. The molecule has 7 heteroatoms. The third-order valence-corrected chi connectivity index (χ3v) is 4.69. The van der Waals surface area contributed by atoms with Gasteiger partial charge in [-0.25, -0.2) is 9.59 Å². The maximum atomic E-state index is 13.3. The number of carbonyl (C=O) groups excluding carboxylic acids is 1. The van der Waals surface area contributed by atoms with E-state index in [1.165, 1.54) is 16.2 Å². The number of carbonyl (C=O) groups is 1. The summed E-state index contributed by atoms with van der Waals surface area (Å²) in [5.41, 5.74) is 1.61. The zero-order chi connectivity index (χ0) is 19.6. The number of imidazole rings is 1. The summed E-state index contributed by atoms with van der Waals surface area (Å²) in [5.74, 6) is -0.571. The van der Waals surface area contributed by atoms with Gasteiger partial charge in [0.15, 0.2) is 5.69 Å². The molecule has 2 aromatic carbocycles. The SMILES string of the molecule is CCCc1c(C(=O)OC)n(-c2ccc(Cl)cc2)c(=O)n1-c1ccc(Cl)cc1. The third kappa shape index (κ3) is 3.66. The van der Waals surface area contributed by atoms with Gasteiger partial charge in [0.1, 0.15) is 0 Å². The first-order valence-electron chi connectivity index (χ1n) is 8.44. The van der Waals surface area contributed by atoms with Gasteiger partial charge in [0.2, 0.25) is 0 Å². The van der Waals surface area contributed by atoms with E-state index < -0.39 is 5.97 Å². The van der Waals surface area contributed by atoms with Crippen LogP contribution in [0.25, 0.3) is 11.4 Å². The van der Waals surface area contributed by atoms with Crippen molar-refractivity contribution in [2.45, 2.75) is 19.8 Å². The Balaban J connectivity index is 2.37. The Morgan fingerprint density at radius 3 is 1.85 bits per heavy atom. The van der Waals surface area contributed by atoms with Crippen molar-refractivity contribution in [1.82, 2.24) is 9.13 Å². The summed E-state index contributed by atoms with van der Waals surface area (Å²) in [6.45, 7) is 1.98. The normalized spacial score (nSPS) is 10.8. The molecule has 0 aliphatic rings. The highest BCUT2D eigenvalue weighted by Gasteiger charge is 2.27. The molecule has 1 heterocycles. The fourth-order valence-electron chi connectivity index (χ4n) is 3.00. The van der Waals surface area contributed by atoms with E-state index in [-0.39, 0.29) is 11.4 Å². The van der Waals surface area contributed by atoms with E-state index in [2.05, 4.69) is 0 Å². The topological polar surface area (TPSA) is 53.2 Å². The minimum atomic E-state index is -0.571. The molecule has 0 saturated heterocycles. The van der Waals surface area contributed by atoms with Gasteiger partial charge in [-0.15, -0.1) is 0 Å². The molecule has 0 N–H and O–H groups in total. The van der Waals surface area contributed by atoms with Crippen molar-refractivity contribution in [1.29, 1.82) is 0 Å². The van der Waals surface area contributed by atoms with Gasteiger partial charge in [-0.2, -0.15) is 0 Å². The molecule has 0 spiro atoms. The highest BCUT2D eigenvalue weighted by atomic mass is 35.5. The Bertz CT molecular complexity index is 1020. The number of halogens is 2. The quantitative estimate of drug-likeness (QED) is 0.580. The molecule has 0 bridgehead atoms.